The van der Waals surface area contributed by atoms with Crippen molar-refractivity contribution < 1.29 is 18.8 Å². The molecule has 0 bridgehead atoms. The molecule has 1 rings (SSSR count). The van der Waals surface area contributed by atoms with Crippen LogP contribution in [0.2, 0.25) is 0 Å². The van der Waals surface area contributed by atoms with E-state index in [1.165, 1.54) is 7.11 Å². The van der Waals surface area contributed by atoms with Gasteiger partial charge in [-0.3, -0.25) is 4.79 Å². The second kappa shape index (κ2) is 7.62. The van der Waals surface area contributed by atoms with Crippen LogP contribution in [0.3, 0.4) is 0 Å². The number of nitrogens with zero attached hydrogens (tertiary/aromatic N) is 1. The highest BCUT2D eigenvalue weighted by Crippen LogP contribution is 2.02. The minimum absolute atomic E-state index is 0.0804. The van der Waals surface area contributed by atoms with Crippen LogP contribution in [-0.4, -0.2) is 33.3 Å². The zero-order valence-corrected chi connectivity index (χ0v) is 10.3. The summed E-state index contributed by atoms with van der Waals surface area (Å²) in [4.78, 5) is 11.1. The van der Waals surface area contributed by atoms with Crippen LogP contribution >= 0.6 is 0 Å². The SMILES string of the molecule is COCC(=O)NCCC[n+]1cccc(OC)c1. The molecule has 5 heteroatoms. The lowest BCUT2D eigenvalue weighted by atomic mass is 10.4. The Bertz CT molecular complexity index is 355. The molecule has 0 aliphatic heterocycles. The maximum absolute atomic E-state index is 11.1. The van der Waals surface area contributed by atoms with Crippen molar-refractivity contribution in [3.8, 4) is 5.75 Å². The summed E-state index contributed by atoms with van der Waals surface area (Å²) in [5.74, 6) is 0.749. The molecule has 5 nitrogen and oxygen atoms in total. The van der Waals surface area contributed by atoms with Crippen LogP contribution in [0.1, 0.15) is 6.42 Å². The summed E-state index contributed by atoms with van der Waals surface area (Å²) in [6.45, 7) is 1.60. The van der Waals surface area contributed by atoms with Gasteiger partial charge >= 0.3 is 0 Å². The molecule has 0 saturated carbocycles. The van der Waals surface area contributed by atoms with Crippen LogP contribution in [-0.2, 0) is 16.1 Å². The molecular formula is C12H19N2O3+. The molecule has 17 heavy (non-hydrogen) atoms. The average molecular weight is 239 g/mol. The van der Waals surface area contributed by atoms with Gasteiger partial charge < -0.3 is 14.8 Å². The first-order valence-electron chi connectivity index (χ1n) is 5.55. The third-order valence-corrected chi connectivity index (χ3v) is 2.26. The third kappa shape index (κ3) is 5.31. The second-order valence-electron chi connectivity index (χ2n) is 3.62. The summed E-state index contributed by atoms with van der Waals surface area (Å²) >= 11 is 0. The highest BCUT2D eigenvalue weighted by molar-refractivity contribution is 5.77. The second-order valence-corrected chi connectivity index (χ2v) is 3.62. The predicted octanol–water partition coefficient (Wildman–Crippen LogP) is 0.135. The Morgan fingerprint density at radius 3 is 3.00 bits per heavy atom. The van der Waals surface area contributed by atoms with Gasteiger partial charge in [-0.2, -0.15) is 0 Å². The number of amides is 1. The van der Waals surface area contributed by atoms with E-state index in [0.717, 1.165) is 18.7 Å². The van der Waals surface area contributed by atoms with Crippen molar-refractivity contribution >= 4 is 5.91 Å². The molecule has 0 aliphatic carbocycles. The number of hydrogen-bond donors (Lipinski definition) is 1. The van der Waals surface area contributed by atoms with Gasteiger partial charge in [0, 0.05) is 26.1 Å². The van der Waals surface area contributed by atoms with Gasteiger partial charge in [0.15, 0.2) is 11.9 Å². The molecule has 0 saturated heterocycles. The molecule has 0 radical (unpaired) electrons. The first kappa shape index (κ1) is 13.4. The van der Waals surface area contributed by atoms with E-state index in [0.29, 0.717) is 6.54 Å². The van der Waals surface area contributed by atoms with Crippen molar-refractivity contribution in [3.05, 3.63) is 24.5 Å². The predicted molar refractivity (Wildman–Crippen MR) is 62.7 cm³/mol. The first-order valence-corrected chi connectivity index (χ1v) is 5.55. The number of rotatable bonds is 7. The standard InChI is InChI=1S/C12H18N2O3/c1-16-10-12(15)13-6-4-8-14-7-3-5-11(9-14)17-2/h3,5,7,9H,4,6,8,10H2,1-2H3/p+1. The van der Waals surface area contributed by atoms with E-state index >= 15 is 0 Å². The fraction of sp³-hybridized carbons (Fsp3) is 0.500. The van der Waals surface area contributed by atoms with Crippen molar-refractivity contribution in [2.45, 2.75) is 13.0 Å². The number of ether oxygens (including phenoxy) is 2. The number of hydrogen-bond acceptors (Lipinski definition) is 3. The van der Waals surface area contributed by atoms with Gasteiger partial charge in [0.05, 0.1) is 7.11 Å². The summed E-state index contributed by atoms with van der Waals surface area (Å²) in [7, 11) is 3.15. The molecule has 0 aromatic carbocycles. The number of aryl methyl sites for hydroxylation is 1. The van der Waals surface area contributed by atoms with E-state index in [9.17, 15) is 4.79 Å². The van der Waals surface area contributed by atoms with Gasteiger partial charge in [0.2, 0.25) is 12.1 Å². The van der Waals surface area contributed by atoms with Gasteiger partial charge in [0.1, 0.15) is 13.2 Å². The third-order valence-electron chi connectivity index (χ3n) is 2.26. The van der Waals surface area contributed by atoms with Gasteiger partial charge in [-0.05, 0) is 6.07 Å². The van der Waals surface area contributed by atoms with Crippen molar-refractivity contribution in [2.24, 2.45) is 0 Å². The number of pyridine rings is 1. The molecule has 0 aliphatic rings. The molecule has 1 amide bonds. The minimum Gasteiger partial charge on any atom is -0.491 e. The molecule has 1 aromatic rings. The Balaban J connectivity index is 2.24. The topological polar surface area (TPSA) is 51.4 Å². The molecule has 0 unspecified atom stereocenters. The molecule has 94 valence electrons. The lowest BCUT2D eigenvalue weighted by Gasteiger charge is -2.03. The van der Waals surface area contributed by atoms with Gasteiger partial charge in [-0.15, -0.1) is 0 Å². The molecule has 0 spiro atoms. The lowest BCUT2D eigenvalue weighted by Crippen LogP contribution is -2.36. The van der Waals surface area contributed by atoms with Crippen LogP contribution < -0.4 is 14.6 Å². The summed E-state index contributed by atoms with van der Waals surface area (Å²) in [6.07, 6.45) is 4.77. The Morgan fingerprint density at radius 2 is 2.29 bits per heavy atom. The quantitative estimate of drug-likeness (QED) is 0.544. The van der Waals surface area contributed by atoms with Crippen molar-refractivity contribution in [1.82, 2.24) is 5.32 Å². The first-order chi connectivity index (χ1) is 8.26. The number of methoxy groups -OCH3 is 2. The van der Waals surface area contributed by atoms with Crippen molar-refractivity contribution in [3.63, 3.8) is 0 Å². The molecule has 0 atom stereocenters. The van der Waals surface area contributed by atoms with E-state index in [1.54, 1.807) is 7.11 Å². The molecule has 1 aromatic heterocycles. The highest BCUT2D eigenvalue weighted by atomic mass is 16.5. The number of carbonyl (C=O) groups is 1. The number of nitrogens with one attached hydrogen (secondary N) is 1. The minimum atomic E-state index is -0.0804. The van der Waals surface area contributed by atoms with Crippen LogP contribution in [0.15, 0.2) is 24.5 Å². The zero-order chi connectivity index (χ0) is 12.5. The molecule has 0 fully saturated rings. The van der Waals surface area contributed by atoms with Gasteiger partial charge in [-0.25, -0.2) is 4.57 Å². The normalized spacial score (nSPS) is 10.0. The highest BCUT2D eigenvalue weighted by Gasteiger charge is 2.03. The maximum atomic E-state index is 11.1. The largest absolute Gasteiger partial charge is 0.491 e. The number of carbonyl (C=O) groups excluding carboxylic acids is 1. The summed E-state index contributed by atoms with van der Waals surface area (Å²) in [5, 5.41) is 2.77. The van der Waals surface area contributed by atoms with E-state index in [2.05, 4.69) is 5.32 Å². The van der Waals surface area contributed by atoms with E-state index in [-0.39, 0.29) is 12.5 Å². The fourth-order valence-corrected chi connectivity index (χ4v) is 1.43. The van der Waals surface area contributed by atoms with E-state index < -0.39 is 0 Å². The Hall–Kier alpha value is -1.62. The zero-order valence-electron chi connectivity index (χ0n) is 10.3. The van der Waals surface area contributed by atoms with Crippen LogP contribution in [0.25, 0.3) is 0 Å². The summed E-state index contributed by atoms with van der Waals surface area (Å²) in [6, 6.07) is 3.83. The monoisotopic (exact) mass is 239 g/mol. The van der Waals surface area contributed by atoms with Crippen molar-refractivity contribution in [1.29, 1.82) is 0 Å². The Labute approximate surface area is 101 Å². The molecule has 1 heterocycles. The van der Waals surface area contributed by atoms with Crippen LogP contribution in [0.4, 0.5) is 0 Å². The van der Waals surface area contributed by atoms with Crippen LogP contribution in [0, 0.1) is 0 Å². The molecular weight excluding hydrogens is 220 g/mol. The van der Waals surface area contributed by atoms with Gasteiger partial charge in [-0.1, -0.05) is 0 Å². The maximum Gasteiger partial charge on any atom is 0.245 e. The lowest BCUT2D eigenvalue weighted by molar-refractivity contribution is -0.697. The van der Waals surface area contributed by atoms with Crippen molar-refractivity contribution in [2.75, 3.05) is 27.4 Å². The summed E-state index contributed by atoms with van der Waals surface area (Å²) in [5.41, 5.74) is 0. The average Bonchev–Trinajstić information content (AvgIpc) is 2.35. The summed E-state index contributed by atoms with van der Waals surface area (Å²) < 4.78 is 11.9. The van der Waals surface area contributed by atoms with Gasteiger partial charge in [0.25, 0.3) is 0 Å². The fourth-order valence-electron chi connectivity index (χ4n) is 1.43. The molecule has 1 N–H and O–H groups in total. The van der Waals surface area contributed by atoms with Crippen LogP contribution in [0.5, 0.6) is 5.75 Å². The Kier molecular flexibility index (Phi) is 6.03. The van der Waals surface area contributed by atoms with E-state index in [4.69, 9.17) is 9.47 Å². The Morgan fingerprint density at radius 1 is 1.47 bits per heavy atom. The number of aromatic nitrogens is 1. The van der Waals surface area contributed by atoms with E-state index in [1.807, 2.05) is 29.1 Å². The smallest absolute Gasteiger partial charge is 0.245 e.